The molecule has 5 rings (SSSR count). The van der Waals surface area contributed by atoms with E-state index in [4.69, 9.17) is 14.0 Å². The first-order valence-corrected chi connectivity index (χ1v) is 14.9. The van der Waals surface area contributed by atoms with E-state index >= 15 is 0 Å². The monoisotopic (exact) mass is 585 g/mol. The second kappa shape index (κ2) is 12.5. The van der Waals surface area contributed by atoms with Gasteiger partial charge in [0, 0.05) is 30.1 Å². The second-order valence-corrected chi connectivity index (χ2v) is 12.6. The molecule has 1 unspecified atom stereocenters. The van der Waals surface area contributed by atoms with Gasteiger partial charge < -0.3 is 24.2 Å². The van der Waals surface area contributed by atoms with Crippen molar-refractivity contribution in [2.45, 2.75) is 72.5 Å². The Morgan fingerprint density at radius 1 is 1.19 bits per heavy atom. The maximum atomic E-state index is 13.0. The van der Waals surface area contributed by atoms with Gasteiger partial charge in [0.2, 0.25) is 11.7 Å². The molecule has 2 heterocycles. The summed E-state index contributed by atoms with van der Waals surface area (Å²) in [6.07, 6.45) is 2.36. The molecule has 1 saturated heterocycles. The van der Waals surface area contributed by atoms with Crippen LogP contribution in [-0.2, 0) is 16.0 Å². The zero-order chi connectivity index (χ0) is 30.7. The van der Waals surface area contributed by atoms with Crippen molar-refractivity contribution in [3.05, 3.63) is 53.1 Å². The van der Waals surface area contributed by atoms with E-state index in [2.05, 4.69) is 42.3 Å². The van der Waals surface area contributed by atoms with E-state index in [0.717, 1.165) is 55.5 Å². The quantitative estimate of drug-likeness (QED) is 0.354. The Morgan fingerprint density at radius 3 is 2.65 bits per heavy atom. The van der Waals surface area contributed by atoms with Crippen molar-refractivity contribution in [1.29, 1.82) is 5.26 Å². The van der Waals surface area contributed by atoms with E-state index in [0.29, 0.717) is 28.6 Å². The van der Waals surface area contributed by atoms with Gasteiger partial charge in [-0.2, -0.15) is 10.2 Å². The third-order valence-electron chi connectivity index (χ3n) is 8.16. The average Bonchev–Trinajstić information content (AvgIpc) is 3.68. The van der Waals surface area contributed by atoms with Crippen molar-refractivity contribution < 1.29 is 23.6 Å². The molecule has 0 spiro atoms. The third-order valence-corrected chi connectivity index (χ3v) is 8.16. The molecule has 1 aromatic heterocycles. The number of nitrogens with zero attached hydrogens (tertiary/aromatic N) is 4. The van der Waals surface area contributed by atoms with Gasteiger partial charge in [-0.15, -0.1) is 0 Å². The minimum Gasteiger partial charge on any atom is -0.490 e. The predicted molar refractivity (Wildman–Crippen MR) is 160 cm³/mol. The van der Waals surface area contributed by atoms with Crippen molar-refractivity contribution in [1.82, 2.24) is 20.4 Å². The largest absolute Gasteiger partial charge is 0.490 e. The fourth-order valence-corrected chi connectivity index (χ4v) is 6.00. The van der Waals surface area contributed by atoms with Gasteiger partial charge in [0.15, 0.2) is 0 Å². The Labute approximate surface area is 252 Å². The minimum atomic E-state index is -0.606. The molecular weight excluding hydrogens is 546 g/mol. The molecule has 2 atom stereocenters. The number of ether oxygens (including phenoxy) is 2. The van der Waals surface area contributed by atoms with Crippen LogP contribution in [0.15, 0.2) is 40.9 Å². The van der Waals surface area contributed by atoms with Crippen LogP contribution in [0.4, 0.5) is 4.79 Å². The molecule has 226 valence electrons. The van der Waals surface area contributed by atoms with Gasteiger partial charge in [-0.1, -0.05) is 44.1 Å². The lowest BCUT2D eigenvalue weighted by Crippen LogP contribution is -2.41. The molecule has 43 heavy (non-hydrogen) atoms. The molecule has 0 saturated carbocycles. The maximum absolute atomic E-state index is 13.0. The molecule has 0 radical (unpaired) electrons. The number of hydrogen-bond donors (Lipinski definition) is 1. The lowest BCUT2D eigenvalue weighted by atomic mass is 9.68. The van der Waals surface area contributed by atoms with Crippen molar-refractivity contribution in [3.63, 3.8) is 0 Å². The predicted octanol–water partition coefficient (Wildman–Crippen LogP) is 6.06. The molecule has 2 amide bonds. The normalized spacial score (nSPS) is 18.2. The van der Waals surface area contributed by atoms with Gasteiger partial charge in [-0.05, 0) is 74.3 Å². The van der Waals surface area contributed by atoms with Crippen LogP contribution in [0, 0.1) is 22.7 Å². The van der Waals surface area contributed by atoms with Crippen molar-refractivity contribution in [3.8, 4) is 34.7 Å². The van der Waals surface area contributed by atoms with E-state index in [1.165, 1.54) is 0 Å². The van der Waals surface area contributed by atoms with Crippen molar-refractivity contribution >= 4 is 12.0 Å². The number of amides is 2. The first-order chi connectivity index (χ1) is 20.5. The Bertz CT molecular complexity index is 1530. The van der Waals surface area contributed by atoms with Crippen LogP contribution in [0.5, 0.6) is 5.75 Å². The van der Waals surface area contributed by atoms with Crippen molar-refractivity contribution in [2.75, 3.05) is 19.6 Å². The van der Waals surface area contributed by atoms with Gasteiger partial charge in [-0.25, -0.2) is 4.79 Å². The third kappa shape index (κ3) is 6.66. The van der Waals surface area contributed by atoms with Crippen LogP contribution >= 0.6 is 0 Å². The zero-order valence-electron chi connectivity index (χ0n) is 25.5. The number of nitriles is 1. The lowest BCUT2D eigenvalue weighted by Gasteiger charge is -2.41. The number of alkyl carbamates (subject to hydrolysis) is 1. The smallest absolute Gasteiger partial charge is 0.408 e. The zero-order valence-corrected chi connectivity index (χ0v) is 25.5. The summed E-state index contributed by atoms with van der Waals surface area (Å²) in [5, 5.41) is 16.6. The highest BCUT2D eigenvalue weighted by Gasteiger charge is 2.40. The second-order valence-electron chi connectivity index (χ2n) is 12.6. The van der Waals surface area contributed by atoms with Crippen molar-refractivity contribution in [2.24, 2.45) is 11.3 Å². The summed E-state index contributed by atoms with van der Waals surface area (Å²) in [5.74, 6) is 1.18. The first kappa shape index (κ1) is 30.1. The van der Waals surface area contributed by atoms with Gasteiger partial charge in [0.25, 0.3) is 5.89 Å². The molecule has 1 aliphatic carbocycles. The minimum absolute atomic E-state index is 0.0621. The van der Waals surface area contributed by atoms with Gasteiger partial charge in [0.05, 0.1) is 11.7 Å². The molecule has 2 aliphatic rings. The van der Waals surface area contributed by atoms with Crippen LogP contribution in [0.3, 0.4) is 0 Å². The number of carbonyl (C=O) groups is 2. The van der Waals surface area contributed by atoms with Crippen LogP contribution in [0.2, 0.25) is 0 Å². The molecule has 3 aromatic rings. The molecule has 1 aliphatic heterocycles. The highest BCUT2D eigenvalue weighted by molar-refractivity contribution is 5.82. The Kier molecular flexibility index (Phi) is 8.71. The summed E-state index contributed by atoms with van der Waals surface area (Å²) >= 11 is 0. The molecular formula is C33H39N5O5. The van der Waals surface area contributed by atoms with Gasteiger partial charge >= 0.3 is 6.09 Å². The maximum Gasteiger partial charge on any atom is 0.408 e. The number of carbonyl (C=O) groups excluding carboxylic acids is 2. The molecule has 1 N–H and O–H groups in total. The number of rotatable bonds is 7. The van der Waals surface area contributed by atoms with E-state index in [-0.39, 0.29) is 29.9 Å². The number of nitrogens with one attached hydrogen (secondary N) is 1. The molecule has 10 heteroatoms. The summed E-state index contributed by atoms with van der Waals surface area (Å²) in [5.41, 5.74) is 3.57. The van der Waals surface area contributed by atoms with E-state index in [1.54, 1.807) is 23.1 Å². The molecule has 2 aromatic carbocycles. The summed E-state index contributed by atoms with van der Waals surface area (Å²) < 4.78 is 17.4. The molecule has 10 nitrogen and oxygen atoms in total. The summed E-state index contributed by atoms with van der Waals surface area (Å²) in [6, 6.07) is 13.2. The average molecular weight is 586 g/mol. The number of likely N-dealkylation sites (tertiary alicyclic amines) is 1. The molecule has 0 bridgehead atoms. The van der Waals surface area contributed by atoms with Crippen LogP contribution in [0.25, 0.3) is 22.8 Å². The Morgan fingerprint density at radius 2 is 1.95 bits per heavy atom. The van der Waals surface area contributed by atoms with Crippen LogP contribution in [-0.4, -0.2) is 52.8 Å². The number of hydrogen-bond acceptors (Lipinski definition) is 8. The van der Waals surface area contributed by atoms with Crippen LogP contribution in [0.1, 0.15) is 76.7 Å². The number of fused-ring (bicyclic) bond motifs is 1. The Balaban J connectivity index is 1.40. The number of aromatic nitrogens is 2. The van der Waals surface area contributed by atoms with E-state index in [1.807, 2.05) is 32.0 Å². The highest BCUT2D eigenvalue weighted by Crippen LogP contribution is 2.48. The number of benzene rings is 2. The first-order valence-electron chi connectivity index (χ1n) is 14.9. The fraction of sp³-hybridized carbons (Fsp3) is 0.485. The lowest BCUT2D eigenvalue weighted by molar-refractivity contribution is -0.129. The Hall–Kier alpha value is -4.39. The van der Waals surface area contributed by atoms with Gasteiger partial charge in [-0.3, -0.25) is 4.79 Å². The standard InChI is InChI=1S/C33H39N5O5/c1-20(2)41-27-14-11-21(17-22(27)18-34)31-36-30(37-43-31)25-10-8-9-24-23(25)12-13-26(33(3,4)5)29(24)42-32(40)35-19-28(39)38-15-6-7-16-38/h8-11,14,17,20,26,29H,6-7,12-13,15-16,19H2,1-5H3,(H,35,40)/t26?,29-/m1/s1. The van der Waals surface area contributed by atoms with Crippen LogP contribution < -0.4 is 10.1 Å². The fourth-order valence-electron chi connectivity index (χ4n) is 6.00. The van der Waals surface area contributed by atoms with Gasteiger partial charge in [0.1, 0.15) is 24.5 Å². The molecule has 1 fully saturated rings. The van der Waals surface area contributed by atoms with E-state index < -0.39 is 12.2 Å². The SMILES string of the molecule is CC(C)Oc1ccc(-c2nc(-c3cccc4c3CCC(C(C)(C)C)[C@@H]4OC(=O)NCC(=O)N3CCCC3)no2)cc1C#N. The highest BCUT2D eigenvalue weighted by atomic mass is 16.6. The summed E-state index contributed by atoms with van der Waals surface area (Å²) in [6.45, 7) is 11.6. The summed E-state index contributed by atoms with van der Waals surface area (Å²) in [4.78, 5) is 31.9. The summed E-state index contributed by atoms with van der Waals surface area (Å²) in [7, 11) is 0. The van der Waals surface area contributed by atoms with E-state index in [9.17, 15) is 14.9 Å². The topological polar surface area (TPSA) is 131 Å².